The van der Waals surface area contributed by atoms with Crippen LogP contribution in [0.25, 0.3) is 10.8 Å². The van der Waals surface area contributed by atoms with E-state index in [-0.39, 0.29) is 13.2 Å². The molecule has 5 atom stereocenters. The Morgan fingerprint density at radius 2 is 1.22 bits per heavy atom. The molecule has 6 rings (SSSR count). The Balaban J connectivity index is 1.31. The fourth-order valence-corrected chi connectivity index (χ4v) is 6.21. The van der Waals surface area contributed by atoms with Crippen molar-refractivity contribution in [1.82, 2.24) is 0 Å². The molecule has 5 aromatic rings. The average Bonchev–Trinajstić information content (AvgIpc) is 3.18. The highest BCUT2D eigenvalue weighted by Gasteiger charge is 2.50. The molecule has 1 heterocycles. The number of carbonyl (C=O) groups excluding carboxylic acids is 1. The summed E-state index contributed by atoms with van der Waals surface area (Å²) in [5.74, 6) is -0.499. The smallest absolute Gasteiger partial charge is 0.338 e. The lowest BCUT2D eigenvalue weighted by Crippen LogP contribution is -2.62. The molecule has 5 aromatic carbocycles. The first-order valence-corrected chi connectivity index (χ1v) is 17.8. The molecule has 2 N–H and O–H groups in total. The number of fused-ring (bicyclic) bond motifs is 1. The van der Waals surface area contributed by atoms with Crippen LogP contribution in [0.1, 0.15) is 46.3 Å². The number of unbranched alkanes of at least 4 members (excludes halogenated alkanes) is 2. The minimum absolute atomic E-state index is 0.205. The van der Waals surface area contributed by atoms with Crippen molar-refractivity contribution in [1.29, 1.82) is 0 Å². The van der Waals surface area contributed by atoms with E-state index in [4.69, 9.17) is 34.2 Å². The van der Waals surface area contributed by atoms with E-state index < -0.39 is 36.7 Å². The number of ether oxygens (including phenoxy) is 6. The van der Waals surface area contributed by atoms with Crippen molar-refractivity contribution in [2.45, 2.75) is 69.8 Å². The number of benzene rings is 5. The molecule has 0 aliphatic carbocycles. The second-order valence-electron chi connectivity index (χ2n) is 12.7. The van der Waals surface area contributed by atoms with Gasteiger partial charge in [-0.1, -0.05) is 115 Å². The molecule has 1 aliphatic rings. The Labute approximate surface area is 300 Å². The summed E-state index contributed by atoms with van der Waals surface area (Å²) in [6, 6.07) is 43.3. The zero-order valence-corrected chi connectivity index (χ0v) is 28.9. The molecule has 0 aromatic heterocycles. The van der Waals surface area contributed by atoms with E-state index in [1.807, 2.05) is 78.9 Å². The van der Waals surface area contributed by atoms with Crippen LogP contribution in [0, 0.1) is 0 Å². The normalized spacial score (nSPS) is 20.3. The summed E-state index contributed by atoms with van der Waals surface area (Å²) in [7, 11) is 0. The minimum atomic E-state index is -0.946. The van der Waals surface area contributed by atoms with E-state index in [0.717, 1.165) is 46.7 Å². The van der Waals surface area contributed by atoms with Crippen LogP contribution in [0.3, 0.4) is 0 Å². The van der Waals surface area contributed by atoms with Gasteiger partial charge in [-0.25, -0.2) is 4.79 Å². The lowest BCUT2D eigenvalue weighted by atomic mass is 9.97. The first kappa shape index (κ1) is 36.4. The second-order valence-corrected chi connectivity index (χ2v) is 12.7. The number of hydrogen-bond acceptors (Lipinski definition) is 8. The largest absolute Gasteiger partial charge is 0.450 e. The fraction of sp³-hybridized carbons (Fsp3) is 0.326. The molecule has 51 heavy (non-hydrogen) atoms. The van der Waals surface area contributed by atoms with Crippen molar-refractivity contribution >= 4 is 16.7 Å². The first-order chi connectivity index (χ1) is 25.2. The summed E-state index contributed by atoms with van der Waals surface area (Å²) in [5, 5.41) is 2.25. The van der Waals surface area contributed by atoms with Crippen molar-refractivity contribution < 1.29 is 33.2 Å². The molecular weight excluding hydrogens is 642 g/mol. The Hall–Kier alpha value is -4.41. The van der Waals surface area contributed by atoms with Gasteiger partial charge in [-0.3, -0.25) is 0 Å². The quantitative estimate of drug-likeness (QED) is 0.0742. The molecule has 0 spiro atoms. The minimum Gasteiger partial charge on any atom is -0.450 e. The molecule has 8 heteroatoms. The maximum atomic E-state index is 13.7. The van der Waals surface area contributed by atoms with Crippen LogP contribution < -0.4 is 5.73 Å². The molecule has 266 valence electrons. The number of carbonyl (C=O) groups is 1. The highest BCUT2D eigenvalue weighted by atomic mass is 16.7. The molecule has 0 radical (unpaired) electrons. The maximum absolute atomic E-state index is 13.7. The Kier molecular flexibility index (Phi) is 13.7. The Morgan fingerprint density at radius 1 is 0.588 bits per heavy atom. The summed E-state index contributed by atoms with van der Waals surface area (Å²) in [5.41, 5.74) is 9.17. The molecule has 1 fully saturated rings. The van der Waals surface area contributed by atoms with Crippen LogP contribution in [0.2, 0.25) is 0 Å². The van der Waals surface area contributed by atoms with E-state index in [1.165, 1.54) is 0 Å². The van der Waals surface area contributed by atoms with E-state index in [1.54, 1.807) is 24.3 Å². The SMILES string of the molecule is NCCCCCOC1OC(COCc2ccccc2)C(OCc2ccccc2)C(OCc2ccc3ccccc3c2)C1OC(=O)c1ccccc1. The topological polar surface area (TPSA) is 98.5 Å². The lowest BCUT2D eigenvalue weighted by Gasteiger charge is -2.45. The van der Waals surface area contributed by atoms with Crippen molar-refractivity contribution in [3.05, 3.63) is 156 Å². The maximum Gasteiger partial charge on any atom is 0.338 e. The van der Waals surface area contributed by atoms with Gasteiger partial charge < -0.3 is 34.2 Å². The summed E-state index contributed by atoms with van der Waals surface area (Å²) in [4.78, 5) is 13.7. The van der Waals surface area contributed by atoms with Crippen molar-refractivity contribution in [2.75, 3.05) is 19.8 Å². The van der Waals surface area contributed by atoms with E-state index >= 15 is 0 Å². The molecule has 8 nitrogen and oxygen atoms in total. The third-order valence-corrected chi connectivity index (χ3v) is 8.91. The Morgan fingerprint density at radius 3 is 1.94 bits per heavy atom. The predicted octanol–water partition coefficient (Wildman–Crippen LogP) is 7.62. The van der Waals surface area contributed by atoms with E-state index in [9.17, 15) is 4.79 Å². The van der Waals surface area contributed by atoms with E-state index in [0.29, 0.717) is 31.9 Å². The van der Waals surface area contributed by atoms with Gasteiger partial charge >= 0.3 is 5.97 Å². The van der Waals surface area contributed by atoms with Gasteiger partial charge in [0.25, 0.3) is 0 Å². The van der Waals surface area contributed by atoms with Gasteiger partial charge in [0.05, 0.1) is 32.0 Å². The highest BCUT2D eigenvalue weighted by molar-refractivity contribution is 5.89. The van der Waals surface area contributed by atoms with Crippen LogP contribution in [0.4, 0.5) is 0 Å². The second kappa shape index (κ2) is 19.3. The third kappa shape index (κ3) is 10.6. The number of esters is 1. The molecular formula is C43H47NO7. The van der Waals surface area contributed by atoms with Gasteiger partial charge in [0.1, 0.15) is 18.3 Å². The van der Waals surface area contributed by atoms with Crippen LogP contribution >= 0.6 is 0 Å². The molecule has 1 aliphatic heterocycles. The summed E-state index contributed by atoms with van der Waals surface area (Å²) in [6.07, 6.45) is -1.33. The summed E-state index contributed by atoms with van der Waals surface area (Å²) < 4.78 is 39.1. The van der Waals surface area contributed by atoms with Gasteiger partial charge in [-0.15, -0.1) is 0 Å². The van der Waals surface area contributed by atoms with Crippen LogP contribution in [0.15, 0.2) is 133 Å². The zero-order chi connectivity index (χ0) is 35.1. The average molecular weight is 690 g/mol. The third-order valence-electron chi connectivity index (χ3n) is 8.91. The number of nitrogens with two attached hydrogens (primary N) is 1. The summed E-state index contributed by atoms with van der Waals surface area (Å²) >= 11 is 0. The molecule has 0 bridgehead atoms. The fourth-order valence-electron chi connectivity index (χ4n) is 6.21. The van der Waals surface area contributed by atoms with Crippen molar-refractivity contribution in [3.63, 3.8) is 0 Å². The standard InChI is InChI=1S/C43H47NO7/c44-25-13-4-14-26-47-43-41(51-42(45)36-20-9-3-10-21-36)40(49-30-34-23-24-35-19-11-12-22-37(35)27-34)39(48-29-33-17-7-2-8-18-33)38(50-43)31-46-28-32-15-5-1-6-16-32/h1-3,5-12,15-24,27,38-41,43H,4,13-14,25-26,28-31,44H2. The molecule has 5 unspecified atom stereocenters. The van der Waals surface area contributed by atoms with Crippen molar-refractivity contribution in [2.24, 2.45) is 5.73 Å². The molecule has 0 saturated carbocycles. The zero-order valence-electron chi connectivity index (χ0n) is 28.9. The van der Waals surface area contributed by atoms with Crippen molar-refractivity contribution in [3.8, 4) is 0 Å². The molecule has 1 saturated heterocycles. The van der Waals surface area contributed by atoms with Gasteiger partial charge in [-0.2, -0.15) is 0 Å². The van der Waals surface area contributed by atoms with Crippen LogP contribution in [0.5, 0.6) is 0 Å². The van der Waals surface area contributed by atoms with Crippen LogP contribution in [-0.4, -0.2) is 56.4 Å². The monoisotopic (exact) mass is 689 g/mol. The van der Waals surface area contributed by atoms with Gasteiger partial charge in [0.2, 0.25) is 0 Å². The molecule has 0 amide bonds. The van der Waals surface area contributed by atoms with Gasteiger partial charge in [0, 0.05) is 6.61 Å². The Bertz CT molecular complexity index is 1750. The number of hydrogen-bond donors (Lipinski definition) is 1. The van der Waals surface area contributed by atoms with Gasteiger partial charge in [0.15, 0.2) is 12.4 Å². The number of rotatable bonds is 18. The van der Waals surface area contributed by atoms with E-state index in [2.05, 4.69) is 30.3 Å². The van der Waals surface area contributed by atoms with Crippen LogP contribution in [-0.2, 0) is 48.2 Å². The summed E-state index contributed by atoms with van der Waals surface area (Å²) in [6.45, 7) is 2.16. The lowest BCUT2D eigenvalue weighted by molar-refractivity contribution is -0.318. The highest BCUT2D eigenvalue weighted by Crippen LogP contribution is 2.32. The first-order valence-electron chi connectivity index (χ1n) is 17.8. The van der Waals surface area contributed by atoms with Gasteiger partial charge in [-0.05, 0) is 71.5 Å². The predicted molar refractivity (Wildman–Crippen MR) is 197 cm³/mol.